The average Bonchev–Trinajstić information content (AvgIpc) is 3.45. The summed E-state index contributed by atoms with van der Waals surface area (Å²) in [4.78, 5) is 11.8. The van der Waals surface area contributed by atoms with E-state index in [9.17, 15) is 0 Å². The molecule has 1 saturated carbocycles. The highest BCUT2D eigenvalue weighted by atomic mass is 127. The SMILES string of the molecule is CCOCCC1(CNC(=NC)NCC2CCN(Cc3csc(CC)n3)CC2)CCCC1.I. The van der Waals surface area contributed by atoms with E-state index >= 15 is 0 Å². The van der Waals surface area contributed by atoms with Crippen LogP contribution in [0.25, 0.3) is 0 Å². The van der Waals surface area contributed by atoms with Gasteiger partial charge in [-0.3, -0.25) is 9.89 Å². The molecule has 8 heteroatoms. The van der Waals surface area contributed by atoms with Gasteiger partial charge in [0, 0.05) is 45.3 Å². The Morgan fingerprint density at radius 3 is 2.62 bits per heavy atom. The molecule has 0 atom stereocenters. The minimum Gasteiger partial charge on any atom is -0.382 e. The number of aromatic nitrogens is 1. The van der Waals surface area contributed by atoms with Gasteiger partial charge in [-0.1, -0.05) is 19.8 Å². The van der Waals surface area contributed by atoms with Crippen molar-refractivity contribution in [1.29, 1.82) is 0 Å². The molecule has 184 valence electrons. The summed E-state index contributed by atoms with van der Waals surface area (Å²) < 4.78 is 5.65. The summed E-state index contributed by atoms with van der Waals surface area (Å²) in [5.41, 5.74) is 1.62. The molecule has 2 N–H and O–H groups in total. The zero-order valence-electron chi connectivity index (χ0n) is 20.3. The molecule has 1 saturated heterocycles. The first kappa shape index (κ1) is 27.8. The molecule has 1 aliphatic heterocycles. The Bertz CT molecular complexity index is 669. The highest BCUT2D eigenvalue weighted by molar-refractivity contribution is 14.0. The van der Waals surface area contributed by atoms with Crippen LogP contribution in [-0.2, 0) is 17.7 Å². The van der Waals surface area contributed by atoms with E-state index in [4.69, 9.17) is 9.72 Å². The largest absolute Gasteiger partial charge is 0.382 e. The lowest BCUT2D eigenvalue weighted by Gasteiger charge is -2.32. The van der Waals surface area contributed by atoms with Gasteiger partial charge in [0.15, 0.2) is 5.96 Å². The van der Waals surface area contributed by atoms with E-state index in [0.29, 0.717) is 5.41 Å². The normalized spacial score (nSPS) is 19.7. The molecule has 2 heterocycles. The van der Waals surface area contributed by atoms with Crippen molar-refractivity contribution in [3.05, 3.63) is 16.1 Å². The van der Waals surface area contributed by atoms with Gasteiger partial charge in [-0.2, -0.15) is 0 Å². The molecule has 0 radical (unpaired) electrons. The Balaban J connectivity index is 0.00000363. The summed E-state index contributed by atoms with van der Waals surface area (Å²) in [6, 6.07) is 0. The smallest absolute Gasteiger partial charge is 0.191 e. The summed E-state index contributed by atoms with van der Waals surface area (Å²) >= 11 is 1.80. The van der Waals surface area contributed by atoms with Crippen molar-refractivity contribution in [2.24, 2.45) is 16.3 Å². The van der Waals surface area contributed by atoms with E-state index in [0.717, 1.165) is 70.7 Å². The van der Waals surface area contributed by atoms with Gasteiger partial charge in [-0.05, 0) is 69.9 Å². The van der Waals surface area contributed by atoms with Gasteiger partial charge < -0.3 is 15.4 Å². The van der Waals surface area contributed by atoms with E-state index < -0.39 is 0 Å². The van der Waals surface area contributed by atoms with Crippen molar-refractivity contribution in [2.45, 2.75) is 71.8 Å². The third-order valence-corrected chi connectivity index (χ3v) is 8.09. The minimum absolute atomic E-state index is 0. The second-order valence-electron chi connectivity index (χ2n) is 9.27. The number of rotatable bonds is 11. The molecule has 0 unspecified atom stereocenters. The lowest BCUT2D eigenvalue weighted by Crippen LogP contribution is -2.46. The van der Waals surface area contributed by atoms with Crippen LogP contribution in [0.15, 0.2) is 10.4 Å². The summed E-state index contributed by atoms with van der Waals surface area (Å²) in [5.74, 6) is 1.68. The van der Waals surface area contributed by atoms with Gasteiger partial charge in [0.2, 0.25) is 0 Å². The summed E-state index contributed by atoms with van der Waals surface area (Å²) in [6.07, 6.45) is 9.99. The van der Waals surface area contributed by atoms with Gasteiger partial charge in [0.05, 0.1) is 10.7 Å². The molecule has 1 aliphatic carbocycles. The average molecular weight is 578 g/mol. The second-order valence-corrected chi connectivity index (χ2v) is 10.2. The molecule has 1 aromatic heterocycles. The zero-order chi connectivity index (χ0) is 21.9. The van der Waals surface area contributed by atoms with Gasteiger partial charge in [-0.15, -0.1) is 35.3 Å². The van der Waals surface area contributed by atoms with E-state index in [1.807, 2.05) is 7.05 Å². The van der Waals surface area contributed by atoms with Crippen LogP contribution in [-0.4, -0.2) is 62.3 Å². The number of hydrogen-bond donors (Lipinski definition) is 2. The first-order chi connectivity index (χ1) is 15.2. The molecule has 0 bridgehead atoms. The van der Waals surface area contributed by atoms with Gasteiger partial charge in [-0.25, -0.2) is 4.98 Å². The maximum Gasteiger partial charge on any atom is 0.191 e. The predicted octanol–water partition coefficient (Wildman–Crippen LogP) is 4.69. The van der Waals surface area contributed by atoms with Gasteiger partial charge in [0.1, 0.15) is 0 Å². The highest BCUT2D eigenvalue weighted by Gasteiger charge is 2.33. The predicted molar refractivity (Wildman–Crippen MR) is 146 cm³/mol. The van der Waals surface area contributed by atoms with Gasteiger partial charge in [0.25, 0.3) is 0 Å². The van der Waals surface area contributed by atoms with E-state index in [2.05, 4.69) is 39.8 Å². The highest BCUT2D eigenvalue weighted by Crippen LogP contribution is 2.40. The third-order valence-electron chi connectivity index (χ3n) is 7.05. The molecule has 1 aromatic rings. The summed E-state index contributed by atoms with van der Waals surface area (Å²) in [5, 5.41) is 10.7. The van der Waals surface area contributed by atoms with Crippen LogP contribution in [0.5, 0.6) is 0 Å². The number of aliphatic imine (C=N–C) groups is 1. The van der Waals surface area contributed by atoms with Crippen LogP contribution in [0.3, 0.4) is 0 Å². The fraction of sp³-hybridized carbons (Fsp3) is 0.833. The quantitative estimate of drug-likeness (QED) is 0.173. The fourth-order valence-corrected chi connectivity index (χ4v) is 5.70. The first-order valence-corrected chi connectivity index (χ1v) is 13.2. The monoisotopic (exact) mass is 577 g/mol. The Labute approximate surface area is 216 Å². The number of thiazole rings is 1. The molecular formula is C24H44IN5OS. The van der Waals surface area contributed by atoms with Crippen LogP contribution >= 0.6 is 35.3 Å². The summed E-state index contributed by atoms with van der Waals surface area (Å²) in [6.45, 7) is 11.3. The number of likely N-dealkylation sites (tertiary alicyclic amines) is 1. The number of nitrogens with zero attached hydrogens (tertiary/aromatic N) is 3. The first-order valence-electron chi connectivity index (χ1n) is 12.3. The molecule has 0 amide bonds. The number of halogens is 1. The van der Waals surface area contributed by atoms with Crippen molar-refractivity contribution < 1.29 is 4.74 Å². The second kappa shape index (κ2) is 14.7. The molecule has 2 aliphatic rings. The molecule has 32 heavy (non-hydrogen) atoms. The molecule has 2 fully saturated rings. The Morgan fingerprint density at radius 1 is 1.25 bits per heavy atom. The van der Waals surface area contributed by atoms with Crippen molar-refractivity contribution in [3.8, 4) is 0 Å². The molecular weight excluding hydrogens is 533 g/mol. The number of nitrogens with one attached hydrogen (secondary N) is 2. The van der Waals surface area contributed by atoms with E-state index in [1.54, 1.807) is 11.3 Å². The van der Waals surface area contributed by atoms with E-state index in [-0.39, 0.29) is 24.0 Å². The van der Waals surface area contributed by atoms with Crippen LogP contribution in [0.2, 0.25) is 0 Å². The van der Waals surface area contributed by atoms with Crippen molar-refractivity contribution in [3.63, 3.8) is 0 Å². The lowest BCUT2D eigenvalue weighted by molar-refractivity contribution is 0.105. The van der Waals surface area contributed by atoms with Crippen LogP contribution < -0.4 is 10.6 Å². The Hall–Kier alpha value is -0.450. The van der Waals surface area contributed by atoms with Crippen LogP contribution in [0, 0.1) is 11.3 Å². The standard InChI is InChI=1S/C24H43N5OS.HI/c1-4-22-28-21(18-31-22)17-29-13-8-20(9-14-29)16-26-23(25-3)27-19-24(10-6-7-11-24)12-15-30-5-2;/h18,20H,4-17,19H2,1-3H3,(H2,25,26,27);1H. The van der Waals surface area contributed by atoms with Crippen molar-refractivity contribution >= 4 is 41.3 Å². The molecule has 0 spiro atoms. The summed E-state index contributed by atoms with van der Waals surface area (Å²) in [7, 11) is 1.89. The number of aryl methyl sites for hydroxylation is 1. The van der Waals surface area contributed by atoms with Gasteiger partial charge >= 0.3 is 0 Å². The maximum absolute atomic E-state index is 5.65. The number of guanidine groups is 1. The molecule has 6 nitrogen and oxygen atoms in total. The van der Waals surface area contributed by atoms with Crippen LogP contribution in [0.1, 0.15) is 69.5 Å². The van der Waals surface area contributed by atoms with Crippen LogP contribution in [0.4, 0.5) is 0 Å². The third kappa shape index (κ3) is 8.72. The Morgan fingerprint density at radius 2 is 2.00 bits per heavy atom. The minimum atomic E-state index is 0. The zero-order valence-corrected chi connectivity index (χ0v) is 23.5. The Kier molecular flexibility index (Phi) is 12.8. The molecule has 0 aromatic carbocycles. The maximum atomic E-state index is 5.65. The number of hydrogen-bond acceptors (Lipinski definition) is 5. The lowest BCUT2D eigenvalue weighted by atomic mass is 9.83. The topological polar surface area (TPSA) is 61.8 Å². The molecule has 3 rings (SSSR count). The number of ether oxygens (including phenoxy) is 1. The van der Waals surface area contributed by atoms with Crippen molar-refractivity contribution in [2.75, 3.05) is 46.4 Å². The van der Waals surface area contributed by atoms with Crippen molar-refractivity contribution in [1.82, 2.24) is 20.5 Å². The fourth-order valence-electron chi connectivity index (χ4n) is 4.97. The number of piperidine rings is 1. The van der Waals surface area contributed by atoms with E-state index in [1.165, 1.54) is 49.2 Å².